The lowest BCUT2D eigenvalue weighted by Crippen LogP contribution is -2.26. The Hall–Kier alpha value is -1.55. The van der Waals surface area contributed by atoms with Crippen molar-refractivity contribution in [3.05, 3.63) is 40.7 Å². The van der Waals surface area contributed by atoms with E-state index in [4.69, 9.17) is 16.0 Å². The second-order valence-electron chi connectivity index (χ2n) is 6.58. The Labute approximate surface area is 135 Å². The number of hydrogen-bond donors (Lipinski definition) is 0. The van der Waals surface area contributed by atoms with Crippen molar-refractivity contribution in [2.75, 3.05) is 4.90 Å². The van der Waals surface area contributed by atoms with Crippen LogP contribution in [0.1, 0.15) is 49.4 Å². The van der Waals surface area contributed by atoms with Gasteiger partial charge in [0.1, 0.15) is 28.3 Å². The van der Waals surface area contributed by atoms with Gasteiger partial charge in [0.15, 0.2) is 0 Å². The van der Waals surface area contributed by atoms with Crippen molar-refractivity contribution in [3.63, 3.8) is 0 Å². The SMILES string of the molecule is Cc1nc(Cl)cc(N(Cc2ccc([C@H]3C[C@H]3C)o2)C2CC2)n1. The molecular weight excluding hydrogens is 298 g/mol. The molecule has 22 heavy (non-hydrogen) atoms. The maximum Gasteiger partial charge on any atom is 0.134 e. The lowest BCUT2D eigenvalue weighted by atomic mass is 10.3. The molecule has 0 unspecified atom stereocenters. The number of anilines is 1. The number of rotatable bonds is 5. The van der Waals surface area contributed by atoms with Gasteiger partial charge in [-0.25, -0.2) is 9.97 Å². The van der Waals surface area contributed by atoms with E-state index < -0.39 is 0 Å². The Balaban J connectivity index is 1.56. The molecule has 0 spiro atoms. The molecule has 0 radical (unpaired) electrons. The molecule has 2 aliphatic rings. The lowest BCUT2D eigenvalue weighted by Gasteiger charge is -2.22. The number of aromatic nitrogens is 2. The largest absolute Gasteiger partial charge is 0.464 e. The third-order valence-electron chi connectivity index (χ3n) is 4.56. The van der Waals surface area contributed by atoms with Crippen LogP contribution in [0.2, 0.25) is 5.15 Å². The van der Waals surface area contributed by atoms with Crippen LogP contribution < -0.4 is 4.90 Å². The van der Waals surface area contributed by atoms with E-state index in [2.05, 4.69) is 33.9 Å². The van der Waals surface area contributed by atoms with Gasteiger partial charge in [0.2, 0.25) is 0 Å². The van der Waals surface area contributed by atoms with Crippen molar-refractivity contribution >= 4 is 17.4 Å². The maximum absolute atomic E-state index is 6.09. The molecule has 4 nitrogen and oxygen atoms in total. The maximum atomic E-state index is 6.09. The van der Waals surface area contributed by atoms with Gasteiger partial charge in [-0.1, -0.05) is 18.5 Å². The topological polar surface area (TPSA) is 42.2 Å². The molecular formula is C17H20ClN3O. The van der Waals surface area contributed by atoms with Crippen molar-refractivity contribution < 1.29 is 4.42 Å². The molecule has 2 heterocycles. The normalized spacial score (nSPS) is 23.6. The van der Waals surface area contributed by atoms with Crippen LogP contribution in [0.25, 0.3) is 0 Å². The first-order valence-corrected chi connectivity index (χ1v) is 8.34. The third-order valence-corrected chi connectivity index (χ3v) is 4.75. The van der Waals surface area contributed by atoms with Gasteiger partial charge in [-0.2, -0.15) is 0 Å². The summed E-state index contributed by atoms with van der Waals surface area (Å²) >= 11 is 6.09. The average molecular weight is 318 g/mol. The average Bonchev–Trinajstić information content (AvgIpc) is 3.37. The molecule has 4 rings (SSSR count). The predicted octanol–water partition coefficient (Wildman–Crippen LogP) is 4.32. The van der Waals surface area contributed by atoms with E-state index in [1.54, 1.807) is 0 Å². The Kier molecular flexibility index (Phi) is 3.37. The van der Waals surface area contributed by atoms with Crippen LogP contribution in [0.3, 0.4) is 0 Å². The standard InChI is InChI=1S/C17H20ClN3O/c1-10-7-14(10)15-6-5-13(22-15)9-21(12-3-4-12)17-8-16(18)19-11(2)20-17/h5-6,8,10,12,14H,3-4,7,9H2,1-2H3/t10-,14+/m1/s1. The Morgan fingerprint density at radius 2 is 2.09 bits per heavy atom. The number of furan rings is 1. The van der Waals surface area contributed by atoms with Crippen LogP contribution >= 0.6 is 11.6 Å². The molecule has 0 aliphatic heterocycles. The summed E-state index contributed by atoms with van der Waals surface area (Å²) in [6, 6.07) is 6.62. The van der Waals surface area contributed by atoms with Gasteiger partial charge in [0.05, 0.1) is 6.54 Å². The molecule has 0 amide bonds. The monoisotopic (exact) mass is 317 g/mol. The van der Waals surface area contributed by atoms with Crippen molar-refractivity contribution in [1.82, 2.24) is 9.97 Å². The molecule has 2 saturated carbocycles. The minimum Gasteiger partial charge on any atom is -0.464 e. The number of aryl methyl sites for hydroxylation is 1. The second kappa shape index (κ2) is 5.27. The summed E-state index contributed by atoms with van der Waals surface area (Å²) in [5.74, 6) is 5.14. The highest BCUT2D eigenvalue weighted by atomic mass is 35.5. The van der Waals surface area contributed by atoms with Gasteiger partial charge in [0, 0.05) is 18.0 Å². The smallest absolute Gasteiger partial charge is 0.134 e. The quantitative estimate of drug-likeness (QED) is 0.770. The van der Waals surface area contributed by atoms with Crippen LogP contribution in [0, 0.1) is 12.8 Å². The van der Waals surface area contributed by atoms with Crippen LogP contribution in [0.15, 0.2) is 22.6 Å². The predicted molar refractivity (Wildman–Crippen MR) is 86.2 cm³/mol. The van der Waals surface area contributed by atoms with E-state index >= 15 is 0 Å². The summed E-state index contributed by atoms with van der Waals surface area (Å²) in [5.41, 5.74) is 0. The Morgan fingerprint density at radius 3 is 2.73 bits per heavy atom. The van der Waals surface area contributed by atoms with Crippen LogP contribution in [0.4, 0.5) is 5.82 Å². The van der Waals surface area contributed by atoms with Gasteiger partial charge < -0.3 is 9.32 Å². The fraction of sp³-hybridized carbons (Fsp3) is 0.529. The van der Waals surface area contributed by atoms with E-state index in [0.717, 1.165) is 29.8 Å². The lowest BCUT2D eigenvalue weighted by molar-refractivity contribution is 0.456. The summed E-state index contributed by atoms with van der Waals surface area (Å²) in [6.07, 6.45) is 3.65. The summed E-state index contributed by atoms with van der Waals surface area (Å²) in [6.45, 7) is 4.90. The minimum atomic E-state index is 0.500. The molecule has 2 aromatic rings. The van der Waals surface area contributed by atoms with Crippen molar-refractivity contribution in [2.24, 2.45) is 5.92 Å². The van der Waals surface area contributed by atoms with Gasteiger partial charge in [0.25, 0.3) is 0 Å². The molecule has 2 fully saturated rings. The number of halogens is 1. The summed E-state index contributed by atoms with van der Waals surface area (Å²) in [5, 5.41) is 0.500. The van der Waals surface area contributed by atoms with Crippen molar-refractivity contribution in [1.29, 1.82) is 0 Å². The number of nitrogens with zero attached hydrogens (tertiary/aromatic N) is 3. The molecule has 0 saturated heterocycles. The van der Waals surface area contributed by atoms with Gasteiger partial charge in [-0.15, -0.1) is 0 Å². The second-order valence-corrected chi connectivity index (χ2v) is 6.97. The van der Waals surface area contributed by atoms with Crippen LogP contribution in [-0.2, 0) is 6.54 Å². The fourth-order valence-electron chi connectivity index (χ4n) is 3.01. The first-order valence-electron chi connectivity index (χ1n) is 7.96. The zero-order valence-electron chi connectivity index (χ0n) is 12.9. The Morgan fingerprint density at radius 1 is 1.32 bits per heavy atom. The summed E-state index contributed by atoms with van der Waals surface area (Å²) < 4.78 is 6.05. The molecule has 2 atom stereocenters. The first kappa shape index (κ1) is 14.1. The van der Waals surface area contributed by atoms with Crippen LogP contribution in [-0.4, -0.2) is 16.0 Å². The highest BCUT2D eigenvalue weighted by Crippen LogP contribution is 2.47. The zero-order valence-corrected chi connectivity index (χ0v) is 13.7. The van der Waals surface area contributed by atoms with Crippen molar-refractivity contribution in [3.8, 4) is 0 Å². The van der Waals surface area contributed by atoms with Crippen LogP contribution in [0.5, 0.6) is 0 Å². The first-order chi connectivity index (χ1) is 10.6. The highest BCUT2D eigenvalue weighted by molar-refractivity contribution is 6.29. The fourth-order valence-corrected chi connectivity index (χ4v) is 3.23. The summed E-state index contributed by atoms with van der Waals surface area (Å²) in [4.78, 5) is 11.0. The van der Waals surface area contributed by atoms with E-state index in [9.17, 15) is 0 Å². The third kappa shape index (κ3) is 2.84. The van der Waals surface area contributed by atoms with Gasteiger partial charge in [-0.05, 0) is 44.2 Å². The van der Waals surface area contributed by atoms with Gasteiger partial charge in [-0.3, -0.25) is 0 Å². The zero-order chi connectivity index (χ0) is 15.3. The molecule has 0 aromatic carbocycles. The molecule has 0 N–H and O–H groups in total. The molecule has 2 aliphatic carbocycles. The molecule has 0 bridgehead atoms. The number of hydrogen-bond acceptors (Lipinski definition) is 4. The summed E-state index contributed by atoms with van der Waals surface area (Å²) in [7, 11) is 0. The van der Waals surface area contributed by atoms with Gasteiger partial charge >= 0.3 is 0 Å². The molecule has 5 heteroatoms. The molecule has 2 aromatic heterocycles. The minimum absolute atomic E-state index is 0.500. The van der Waals surface area contributed by atoms with E-state index in [1.165, 1.54) is 19.3 Å². The highest BCUT2D eigenvalue weighted by Gasteiger charge is 2.37. The molecule has 116 valence electrons. The van der Waals surface area contributed by atoms with E-state index in [1.807, 2.05) is 13.0 Å². The van der Waals surface area contributed by atoms with E-state index in [0.29, 0.717) is 22.9 Å². The van der Waals surface area contributed by atoms with Crippen molar-refractivity contribution in [2.45, 2.75) is 51.6 Å². The Bertz CT molecular complexity index is 675. The van der Waals surface area contributed by atoms with E-state index in [-0.39, 0.29) is 0 Å².